The third-order valence-electron chi connectivity index (χ3n) is 5.17. The second kappa shape index (κ2) is 8.05. The van der Waals surface area contributed by atoms with Crippen molar-refractivity contribution in [2.24, 2.45) is 0 Å². The Morgan fingerprint density at radius 2 is 1.77 bits per heavy atom. The maximum atomic E-state index is 5.46. The number of piperidine rings is 1. The van der Waals surface area contributed by atoms with Gasteiger partial charge in [0.2, 0.25) is 0 Å². The molecule has 0 spiro atoms. The van der Waals surface area contributed by atoms with Crippen LogP contribution in [-0.4, -0.2) is 64.2 Å². The Balaban J connectivity index is 1.40. The highest BCUT2D eigenvalue weighted by Crippen LogP contribution is 2.29. The number of ether oxygens (including phenoxy) is 1. The van der Waals surface area contributed by atoms with E-state index in [9.17, 15) is 0 Å². The van der Waals surface area contributed by atoms with Gasteiger partial charge in [-0.05, 0) is 38.9 Å². The molecule has 0 unspecified atom stereocenters. The maximum absolute atomic E-state index is 5.46. The van der Waals surface area contributed by atoms with Crippen LogP contribution < -0.4 is 4.90 Å². The fourth-order valence-electron chi connectivity index (χ4n) is 3.74. The Labute approximate surface area is 154 Å². The van der Waals surface area contributed by atoms with E-state index in [0.29, 0.717) is 5.92 Å². The molecule has 0 bridgehead atoms. The smallest absolute Gasteiger partial charge is 0.142 e. The van der Waals surface area contributed by atoms with Crippen LogP contribution in [0.4, 0.5) is 5.82 Å². The molecule has 0 N–H and O–H groups in total. The van der Waals surface area contributed by atoms with Gasteiger partial charge in [0.1, 0.15) is 17.5 Å². The molecule has 4 heterocycles. The molecule has 0 aromatic carbocycles. The lowest BCUT2D eigenvalue weighted by Crippen LogP contribution is -2.37. The average Bonchev–Trinajstić information content (AvgIpc) is 2.70. The molecule has 26 heavy (non-hydrogen) atoms. The molecule has 0 atom stereocenters. The van der Waals surface area contributed by atoms with Crippen LogP contribution in [0, 0.1) is 6.92 Å². The van der Waals surface area contributed by atoms with Gasteiger partial charge in [0.05, 0.1) is 19.8 Å². The largest absolute Gasteiger partial charge is 0.378 e. The normalized spacial score (nSPS) is 19.7. The molecule has 0 aliphatic carbocycles. The molecule has 2 aliphatic heterocycles. The molecule has 2 aliphatic rings. The second-order valence-electron chi connectivity index (χ2n) is 7.01. The number of hydrogen-bond donors (Lipinski definition) is 0. The highest BCUT2D eigenvalue weighted by Gasteiger charge is 2.24. The predicted molar refractivity (Wildman–Crippen MR) is 99.1 cm³/mol. The first kappa shape index (κ1) is 17.3. The molecule has 2 aromatic rings. The zero-order valence-corrected chi connectivity index (χ0v) is 15.3. The van der Waals surface area contributed by atoms with E-state index >= 15 is 0 Å². The van der Waals surface area contributed by atoms with E-state index in [1.165, 1.54) is 5.69 Å². The van der Waals surface area contributed by atoms with Gasteiger partial charge in [0, 0.05) is 43.2 Å². The molecule has 7 heteroatoms. The summed E-state index contributed by atoms with van der Waals surface area (Å²) in [5.41, 5.74) is 1.19. The van der Waals surface area contributed by atoms with Crippen molar-refractivity contribution in [1.29, 1.82) is 0 Å². The van der Waals surface area contributed by atoms with Gasteiger partial charge in [-0.1, -0.05) is 0 Å². The Hall–Kier alpha value is -2.12. The van der Waals surface area contributed by atoms with E-state index in [0.717, 1.165) is 76.2 Å². The summed E-state index contributed by atoms with van der Waals surface area (Å²) in [6.45, 7) is 8.30. The average molecular weight is 354 g/mol. The van der Waals surface area contributed by atoms with E-state index in [1.807, 2.05) is 25.4 Å². The lowest BCUT2D eigenvalue weighted by molar-refractivity contribution is 0.122. The monoisotopic (exact) mass is 354 g/mol. The van der Waals surface area contributed by atoms with Crippen molar-refractivity contribution in [3.63, 3.8) is 0 Å². The summed E-state index contributed by atoms with van der Waals surface area (Å²) in [6.07, 6.45) is 5.86. The molecular formula is C19H26N6O. The zero-order chi connectivity index (χ0) is 17.8. The summed E-state index contributed by atoms with van der Waals surface area (Å²) in [5.74, 6) is 3.32. The zero-order valence-electron chi connectivity index (χ0n) is 15.3. The van der Waals surface area contributed by atoms with E-state index in [1.54, 1.807) is 0 Å². The fourth-order valence-corrected chi connectivity index (χ4v) is 3.74. The Bertz CT molecular complexity index is 711. The van der Waals surface area contributed by atoms with Gasteiger partial charge in [0.25, 0.3) is 0 Å². The summed E-state index contributed by atoms with van der Waals surface area (Å²) >= 11 is 0. The van der Waals surface area contributed by atoms with Gasteiger partial charge in [-0.2, -0.15) is 0 Å². The number of anilines is 1. The number of aromatic nitrogens is 4. The van der Waals surface area contributed by atoms with Gasteiger partial charge in [-0.15, -0.1) is 0 Å². The summed E-state index contributed by atoms with van der Waals surface area (Å²) < 4.78 is 5.46. The van der Waals surface area contributed by atoms with Crippen LogP contribution in [0.1, 0.15) is 36.1 Å². The predicted octanol–water partition coefficient (Wildman–Crippen LogP) is 1.79. The maximum Gasteiger partial charge on any atom is 0.142 e. The van der Waals surface area contributed by atoms with Crippen LogP contribution in [0.25, 0.3) is 0 Å². The van der Waals surface area contributed by atoms with Gasteiger partial charge in [-0.25, -0.2) is 19.9 Å². The van der Waals surface area contributed by atoms with E-state index in [-0.39, 0.29) is 0 Å². The Morgan fingerprint density at radius 3 is 2.50 bits per heavy atom. The highest BCUT2D eigenvalue weighted by molar-refractivity contribution is 5.41. The van der Waals surface area contributed by atoms with Crippen LogP contribution in [0.5, 0.6) is 0 Å². The van der Waals surface area contributed by atoms with Gasteiger partial charge in [0.15, 0.2) is 0 Å². The molecule has 0 saturated carbocycles. The topological polar surface area (TPSA) is 67.3 Å². The number of rotatable bonds is 4. The van der Waals surface area contributed by atoms with Crippen LogP contribution >= 0.6 is 0 Å². The quantitative estimate of drug-likeness (QED) is 0.829. The standard InChI is InChI=1S/C19H26N6O/c1-15-22-17(13-19(23-15)25-9-11-26-12-10-25)16-3-7-24(8-4-16)14-18-20-5-2-6-21-18/h2,5-6,13,16H,3-4,7-12,14H2,1H3. The SMILES string of the molecule is Cc1nc(C2CCN(Cc3ncccn3)CC2)cc(N2CCOCC2)n1. The van der Waals surface area contributed by atoms with Crippen molar-refractivity contribution in [2.75, 3.05) is 44.3 Å². The molecular weight excluding hydrogens is 328 g/mol. The summed E-state index contributed by atoms with van der Waals surface area (Å²) in [7, 11) is 0. The number of likely N-dealkylation sites (tertiary alicyclic amines) is 1. The van der Waals surface area contributed by atoms with Crippen molar-refractivity contribution in [1.82, 2.24) is 24.8 Å². The van der Waals surface area contributed by atoms with Gasteiger partial charge < -0.3 is 9.64 Å². The Morgan fingerprint density at radius 1 is 1.04 bits per heavy atom. The van der Waals surface area contributed by atoms with E-state index in [2.05, 4.69) is 30.8 Å². The first-order valence-corrected chi connectivity index (χ1v) is 9.44. The summed E-state index contributed by atoms with van der Waals surface area (Å²) in [5, 5.41) is 0. The van der Waals surface area contributed by atoms with Crippen LogP contribution in [0.15, 0.2) is 24.5 Å². The lowest BCUT2D eigenvalue weighted by atomic mass is 9.93. The molecule has 7 nitrogen and oxygen atoms in total. The van der Waals surface area contributed by atoms with E-state index < -0.39 is 0 Å². The van der Waals surface area contributed by atoms with Crippen LogP contribution in [0.3, 0.4) is 0 Å². The van der Waals surface area contributed by atoms with Crippen molar-refractivity contribution >= 4 is 5.82 Å². The minimum absolute atomic E-state index is 0.504. The van der Waals surface area contributed by atoms with Gasteiger partial charge >= 0.3 is 0 Å². The van der Waals surface area contributed by atoms with Crippen LogP contribution in [0.2, 0.25) is 0 Å². The van der Waals surface area contributed by atoms with Crippen molar-refractivity contribution in [3.8, 4) is 0 Å². The molecule has 0 radical (unpaired) electrons. The summed E-state index contributed by atoms with van der Waals surface area (Å²) in [4.78, 5) is 22.8. The number of hydrogen-bond acceptors (Lipinski definition) is 7. The lowest BCUT2D eigenvalue weighted by Gasteiger charge is -2.32. The van der Waals surface area contributed by atoms with Crippen LogP contribution in [-0.2, 0) is 11.3 Å². The van der Waals surface area contributed by atoms with Crippen molar-refractivity contribution in [3.05, 3.63) is 41.9 Å². The van der Waals surface area contributed by atoms with Gasteiger partial charge in [-0.3, -0.25) is 4.90 Å². The molecule has 2 aromatic heterocycles. The second-order valence-corrected chi connectivity index (χ2v) is 7.01. The number of aryl methyl sites for hydroxylation is 1. The van der Waals surface area contributed by atoms with E-state index in [4.69, 9.17) is 9.72 Å². The minimum atomic E-state index is 0.504. The summed E-state index contributed by atoms with van der Waals surface area (Å²) in [6, 6.07) is 4.05. The third kappa shape index (κ3) is 4.16. The Kier molecular flexibility index (Phi) is 5.36. The third-order valence-corrected chi connectivity index (χ3v) is 5.17. The molecule has 2 saturated heterocycles. The van der Waals surface area contributed by atoms with Crippen molar-refractivity contribution in [2.45, 2.75) is 32.2 Å². The molecule has 0 amide bonds. The fraction of sp³-hybridized carbons (Fsp3) is 0.579. The first-order valence-electron chi connectivity index (χ1n) is 9.44. The van der Waals surface area contributed by atoms with Crippen molar-refractivity contribution < 1.29 is 4.74 Å². The first-order chi connectivity index (χ1) is 12.8. The molecule has 4 rings (SSSR count). The minimum Gasteiger partial charge on any atom is -0.378 e. The molecule has 2 fully saturated rings. The number of morpholine rings is 1. The molecule has 138 valence electrons. The number of nitrogens with zero attached hydrogens (tertiary/aromatic N) is 6. The highest BCUT2D eigenvalue weighted by atomic mass is 16.5.